The fourth-order valence-corrected chi connectivity index (χ4v) is 1.04. The average molecular weight is 149 g/mol. The maximum Gasteiger partial charge on any atom is 0.386 e. The first-order chi connectivity index (χ1) is 5.29. The van der Waals surface area contributed by atoms with E-state index in [-0.39, 0.29) is 0 Å². The number of nitrogens with zero attached hydrogens (tertiary/aromatic N) is 4. The van der Waals surface area contributed by atoms with Crippen LogP contribution in [0.2, 0.25) is 0 Å². The molecular formula is C7H9N4+. The predicted octanol–water partition coefficient (Wildman–Crippen LogP) is -0.138. The first-order valence-electron chi connectivity index (χ1n) is 3.45. The van der Waals surface area contributed by atoms with Crippen LogP contribution >= 0.6 is 0 Å². The van der Waals surface area contributed by atoms with Gasteiger partial charge in [0.25, 0.3) is 0 Å². The minimum absolute atomic E-state index is 0.866. The standard InChI is InChI=1S/C7H9N4/c1-6-9-11-5-3-4-8-7(11)10(6)2/h3-5H,1-2H3/q+1. The Morgan fingerprint density at radius 1 is 1.55 bits per heavy atom. The number of fused-ring (bicyclic) bond motifs is 1. The lowest BCUT2D eigenvalue weighted by Crippen LogP contribution is -2.30. The van der Waals surface area contributed by atoms with Crippen molar-refractivity contribution in [2.24, 2.45) is 7.05 Å². The van der Waals surface area contributed by atoms with Crippen LogP contribution in [0.4, 0.5) is 0 Å². The Bertz CT molecular complexity index is 390. The molecule has 0 N–H and O–H groups in total. The summed E-state index contributed by atoms with van der Waals surface area (Å²) >= 11 is 0. The molecule has 0 atom stereocenters. The van der Waals surface area contributed by atoms with Gasteiger partial charge in [-0.15, -0.1) is 4.98 Å². The molecule has 0 bridgehead atoms. The van der Waals surface area contributed by atoms with Crippen LogP contribution in [-0.2, 0) is 7.05 Å². The Labute approximate surface area is 64.1 Å². The van der Waals surface area contributed by atoms with E-state index >= 15 is 0 Å². The number of rotatable bonds is 0. The van der Waals surface area contributed by atoms with Crippen molar-refractivity contribution in [3.63, 3.8) is 0 Å². The maximum absolute atomic E-state index is 4.23. The molecule has 0 aliphatic carbocycles. The van der Waals surface area contributed by atoms with Crippen molar-refractivity contribution in [3.05, 3.63) is 24.3 Å². The van der Waals surface area contributed by atoms with Crippen molar-refractivity contribution in [1.29, 1.82) is 0 Å². The van der Waals surface area contributed by atoms with Crippen LogP contribution in [0.3, 0.4) is 0 Å². The first-order valence-corrected chi connectivity index (χ1v) is 3.45. The second-order valence-corrected chi connectivity index (χ2v) is 2.47. The van der Waals surface area contributed by atoms with Gasteiger partial charge < -0.3 is 0 Å². The van der Waals surface area contributed by atoms with Gasteiger partial charge in [-0.3, -0.25) is 0 Å². The SMILES string of the molecule is Cc1nn2cccnc2[n+]1C. The molecule has 2 aromatic rings. The van der Waals surface area contributed by atoms with Crippen LogP contribution in [0.5, 0.6) is 0 Å². The molecule has 4 heteroatoms. The molecule has 0 unspecified atom stereocenters. The first kappa shape index (κ1) is 6.27. The lowest BCUT2D eigenvalue weighted by molar-refractivity contribution is -0.654. The third-order valence-electron chi connectivity index (χ3n) is 1.75. The summed E-state index contributed by atoms with van der Waals surface area (Å²) in [5.41, 5.74) is 0. The van der Waals surface area contributed by atoms with Crippen molar-refractivity contribution in [1.82, 2.24) is 14.6 Å². The summed E-state index contributed by atoms with van der Waals surface area (Å²) in [6.07, 6.45) is 3.64. The normalized spacial score (nSPS) is 10.7. The van der Waals surface area contributed by atoms with Crippen molar-refractivity contribution in [3.8, 4) is 0 Å². The number of hydrogen-bond acceptors (Lipinski definition) is 2. The fraction of sp³-hybridized carbons (Fsp3) is 0.286. The van der Waals surface area contributed by atoms with Gasteiger partial charge in [0.15, 0.2) is 0 Å². The highest BCUT2D eigenvalue weighted by Gasteiger charge is 2.10. The zero-order valence-corrected chi connectivity index (χ0v) is 6.52. The average Bonchev–Trinajstić information content (AvgIpc) is 2.30. The molecule has 0 saturated heterocycles. The quantitative estimate of drug-likeness (QED) is 0.489. The summed E-state index contributed by atoms with van der Waals surface area (Å²) in [6.45, 7) is 1.95. The van der Waals surface area contributed by atoms with Crippen LogP contribution in [0, 0.1) is 6.92 Å². The van der Waals surface area contributed by atoms with Gasteiger partial charge in [-0.1, -0.05) is 4.52 Å². The van der Waals surface area contributed by atoms with Gasteiger partial charge in [0.05, 0.1) is 19.4 Å². The van der Waals surface area contributed by atoms with Crippen LogP contribution in [-0.4, -0.2) is 14.6 Å². The highest BCUT2D eigenvalue weighted by Crippen LogP contribution is 1.90. The molecule has 0 aliphatic heterocycles. The Kier molecular flexibility index (Phi) is 1.15. The van der Waals surface area contributed by atoms with Crippen LogP contribution in [0.1, 0.15) is 5.82 Å². The van der Waals surface area contributed by atoms with E-state index < -0.39 is 0 Å². The van der Waals surface area contributed by atoms with Crippen LogP contribution in [0.15, 0.2) is 18.5 Å². The molecule has 0 radical (unpaired) electrons. The molecule has 0 aliphatic rings. The van der Waals surface area contributed by atoms with Gasteiger partial charge in [-0.25, -0.2) is 4.57 Å². The molecule has 0 spiro atoms. The zero-order valence-electron chi connectivity index (χ0n) is 6.52. The highest BCUT2D eigenvalue weighted by atomic mass is 15.4. The number of aromatic nitrogens is 4. The zero-order chi connectivity index (χ0) is 7.84. The van der Waals surface area contributed by atoms with Crippen molar-refractivity contribution >= 4 is 5.78 Å². The van der Waals surface area contributed by atoms with E-state index in [0.29, 0.717) is 0 Å². The molecular weight excluding hydrogens is 140 g/mol. The van der Waals surface area contributed by atoms with Crippen LogP contribution in [0.25, 0.3) is 5.78 Å². The van der Waals surface area contributed by atoms with Crippen LogP contribution < -0.4 is 4.57 Å². The minimum atomic E-state index is 0.866. The van der Waals surface area contributed by atoms with E-state index in [2.05, 4.69) is 10.1 Å². The number of aryl methyl sites for hydroxylation is 2. The van der Waals surface area contributed by atoms with Gasteiger partial charge >= 0.3 is 5.78 Å². The van der Waals surface area contributed by atoms with E-state index in [1.165, 1.54) is 0 Å². The van der Waals surface area contributed by atoms with Gasteiger partial charge in [0.2, 0.25) is 5.82 Å². The predicted molar refractivity (Wildman–Crippen MR) is 38.9 cm³/mol. The molecule has 4 nitrogen and oxygen atoms in total. The third kappa shape index (κ3) is 0.790. The van der Waals surface area contributed by atoms with E-state index in [9.17, 15) is 0 Å². The van der Waals surface area contributed by atoms with Crippen molar-refractivity contribution in [2.75, 3.05) is 0 Å². The monoisotopic (exact) mass is 149 g/mol. The lowest BCUT2D eigenvalue weighted by atomic mass is 10.7. The summed E-state index contributed by atoms with van der Waals surface area (Å²) in [6, 6.07) is 1.86. The Hall–Kier alpha value is -1.45. The molecule has 0 saturated carbocycles. The van der Waals surface area contributed by atoms with E-state index in [4.69, 9.17) is 0 Å². The molecule has 56 valence electrons. The van der Waals surface area contributed by atoms with E-state index in [1.807, 2.05) is 30.8 Å². The Balaban J connectivity index is 2.92. The molecule has 0 aromatic carbocycles. The topological polar surface area (TPSA) is 34.1 Å². The molecule has 2 rings (SSSR count). The lowest BCUT2D eigenvalue weighted by Gasteiger charge is -1.82. The molecule has 0 fully saturated rings. The van der Waals surface area contributed by atoms with Gasteiger partial charge in [0, 0.05) is 6.92 Å². The second kappa shape index (κ2) is 2.02. The molecule has 11 heavy (non-hydrogen) atoms. The summed E-state index contributed by atoms with van der Waals surface area (Å²) in [5, 5.41) is 4.23. The molecule has 2 aromatic heterocycles. The second-order valence-electron chi connectivity index (χ2n) is 2.47. The largest absolute Gasteiger partial charge is 0.386 e. The van der Waals surface area contributed by atoms with Gasteiger partial charge in [-0.2, -0.15) is 0 Å². The summed E-state index contributed by atoms with van der Waals surface area (Å²) in [4.78, 5) is 4.16. The third-order valence-corrected chi connectivity index (χ3v) is 1.75. The number of hydrogen-bond donors (Lipinski definition) is 0. The van der Waals surface area contributed by atoms with Gasteiger partial charge in [0.1, 0.15) is 0 Å². The summed E-state index contributed by atoms with van der Waals surface area (Å²) in [7, 11) is 1.95. The van der Waals surface area contributed by atoms with E-state index in [0.717, 1.165) is 11.6 Å². The Morgan fingerprint density at radius 3 is 3.09 bits per heavy atom. The maximum atomic E-state index is 4.23. The highest BCUT2D eigenvalue weighted by molar-refractivity contribution is 5.15. The van der Waals surface area contributed by atoms with Crippen molar-refractivity contribution < 1.29 is 4.57 Å². The smallest absolute Gasteiger partial charge is 0.224 e. The van der Waals surface area contributed by atoms with E-state index in [1.54, 1.807) is 10.7 Å². The molecule has 2 heterocycles. The van der Waals surface area contributed by atoms with Crippen molar-refractivity contribution in [2.45, 2.75) is 6.92 Å². The van der Waals surface area contributed by atoms with Gasteiger partial charge in [-0.05, 0) is 11.2 Å². The summed E-state index contributed by atoms with van der Waals surface area (Å²) in [5.74, 6) is 1.83. The molecule has 0 amide bonds. The summed E-state index contributed by atoms with van der Waals surface area (Å²) < 4.78 is 3.70. The Morgan fingerprint density at radius 2 is 2.36 bits per heavy atom. The fourth-order valence-electron chi connectivity index (χ4n) is 1.04. The minimum Gasteiger partial charge on any atom is -0.224 e.